The molecule has 3 heterocycles. The van der Waals surface area contributed by atoms with Crippen molar-refractivity contribution in [3.05, 3.63) is 87.8 Å². The lowest BCUT2D eigenvalue weighted by Crippen LogP contribution is -2.32. The summed E-state index contributed by atoms with van der Waals surface area (Å²) in [6.45, 7) is 7.72. The van der Waals surface area contributed by atoms with Crippen LogP contribution in [0, 0.1) is 0 Å². The first-order valence-corrected chi connectivity index (χ1v) is 13.3. The number of aromatic carboxylic acids is 1. The van der Waals surface area contributed by atoms with Gasteiger partial charge >= 0.3 is 5.97 Å². The van der Waals surface area contributed by atoms with E-state index in [0.29, 0.717) is 17.5 Å². The number of nitrogens with zero attached hydrogens (tertiary/aromatic N) is 4. The topological polar surface area (TPSA) is 100 Å². The highest BCUT2D eigenvalue weighted by atomic mass is 16.4. The first kappa shape index (κ1) is 25.6. The SMILES string of the molecule is CCCc1ccc(-n2cc(C(=O)O)c(=O)c3cnc(Nc4ccc(C5CCN(CC)CC5)cc4)nc32)cc1. The highest BCUT2D eigenvalue weighted by Crippen LogP contribution is 2.29. The minimum Gasteiger partial charge on any atom is -0.477 e. The molecule has 1 aliphatic heterocycles. The van der Waals surface area contributed by atoms with E-state index in [1.54, 1.807) is 4.57 Å². The third kappa shape index (κ3) is 5.31. The number of pyridine rings is 1. The van der Waals surface area contributed by atoms with Crippen molar-refractivity contribution in [1.29, 1.82) is 0 Å². The number of piperidine rings is 1. The molecule has 2 aromatic carbocycles. The monoisotopic (exact) mass is 511 g/mol. The Bertz CT molecular complexity index is 1490. The van der Waals surface area contributed by atoms with E-state index in [9.17, 15) is 14.7 Å². The van der Waals surface area contributed by atoms with Gasteiger partial charge in [0, 0.05) is 23.8 Å². The third-order valence-electron chi connectivity index (χ3n) is 7.40. The van der Waals surface area contributed by atoms with Crippen LogP contribution >= 0.6 is 0 Å². The van der Waals surface area contributed by atoms with E-state index in [-0.39, 0.29) is 10.9 Å². The Morgan fingerprint density at radius 3 is 2.39 bits per heavy atom. The molecule has 0 atom stereocenters. The Hall–Kier alpha value is -4.04. The molecule has 2 aromatic heterocycles. The molecule has 0 aliphatic carbocycles. The van der Waals surface area contributed by atoms with Crippen molar-refractivity contribution in [2.45, 2.75) is 45.4 Å². The number of carbonyl (C=O) groups is 1. The summed E-state index contributed by atoms with van der Waals surface area (Å²) in [7, 11) is 0. The zero-order valence-electron chi connectivity index (χ0n) is 21.9. The van der Waals surface area contributed by atoms with Gasteiger partial charge in [-0.2, -0.15) is 4.98 Å². The Morgan fingerprint density at radius 1 is 1.05 bits per heavy atom. The molecule has 1 saturated heterocycles. The number of aryl methyl sites for hydroxylation is 1. The van der Waals surface area contributed by atoms with Crippen LogP contribution < -0.4 is 10.7 Å². The number of rotatable bonds is 8. The van der Waals surface area contributed by atoms with Crippen molar-refractivity contribution >= 4 is 28.6 Å². The molecule has 0 radical (unpaired) electrons. The van der Waals surface area contributed by atoms with Gasteiger partial charge in [-0.05, 0) is 80.2 Å². The van der Waals surface area contributed by atoms with Crippen LogP contribution in [0.2, 0.25) is 0 Å². The molecule has 4 aromatic rings. The number of benzene rings is 2. The zero-order chi connectivity index (χ0) is 26.6. The van der Waals surface area contributed by atoms with Crippen molar-refractivity contribution in [3.63, 3.8) is 0 Å². The molecule has 2 N–H and O–H groups in total. The molecule has 0 bridgehead atoms. The van der Waals surface area contributed by atoms with Gasteiger partial charge in [0.25, 0.3) is 0 Å². The van der Waals surface area contributed by atoms with E-state index in [1.807, 2.05) is 36.4 Å². The second-order valence-corrected chi connectivity index (χ2v) is 9.85. The van der Waals surface area contributed by atoms with Crippen molar-refractivity contribution in [3.8, 4) is 5.69 Å². The summed E-state index contributed by atoms with van der Waals surface area (Å²) in [6.07, 6.45) is 7.07. The Kier molecular flexibility index (Phi) is 7.51. The predicted octanol–water partition coefficient (Wildman–Crippen LogP) is 5.37. The van der Waals surface area contributed by atoms with Crippen LogP contribution in [-0.4, -0.2) is 50.1 Å². The summed E-state index contributed by atoms with van der Waals surface area (Å²) in [5.41, 5.74) is 3.53. The molecule has 0 unspecified atom stereocenters. The van der Waals surface area contributed by atoms with Crippen molar-refractivity contribution in [2.24, 2.45) is 0 Å². The molecule has 8 nitrogen and oxygen atoms in total. The fourth-order valence-electron chi connectivity index (χ4n) is 5.18. The van der Waals surface area contributed by atoms with Gasteiger partial charge in [-0.3, -0.25) is 4.79 Å². The summed E-state index contributed by atoms with van der Waals surface area (Å²) in [6, 6.07) is 16.2. The summed E-state index contributed by atoms with van der Waals surface area (Å²) in [4.78, 5) is 36.2. The second-order valence-electron chi connectivity index (χ2n) is 9.85. The highest BCUT2D eigenvalue weighted by molar-refractivity contribution is 5.92. The average Bonchev–Trinajstić information content (AvgIpc) is 2.94. The normalized spacial score (nSPS) is 14.6. The van der Waals surface area contributed by atoms with Crippen LogP contribution in [-0.2, 0) is 6.42 Å². The standard InChI is InChI=1S/C30H33N5O3/c1-3-5-20-6-12-24(13-7-20)35-19-26(29(37)38)27(36)25-18-31-30(33-28(25)35)32-23-10-8-21(9-11-23)22-14-16-34(4-2)17-15-22/h6-13,18-19,22H,3-5,14-17H2,1-2H3,(H,37,38)(H,31,32,33). The molecular weight excluding hydrogens is 478 g/mol. The smallest absolute Gasteiger partial charge is 0.341 e. The largest absolute Gasteiger partial charge is 0.477 e. The maximum Gasteiger partial charge on any atom is 0.341 e. The molecule has 0 amide bonds. The van der Waals surface area contributed by atoms with Gasteiger partial charge in [0.1, 0.15) is 5.56 Å². The number of aromatic nitrogens is 3. The van der Waals surface area contributed by atoms with Crippen LogP contribution in [0.15, 0.2) is 65.7 Å². The quantitative estimate of drug-likeness (QED) is 0.328. The molecule has 38 heavy (non-hydrogen) atoms. The number of carboxylic acid groups (broad SMARTS) is 1. The molecule has 0 spiro atoms. The number of likely N-dealkylation sites (tertiary alicyclic amines) is 1. The first-order valence-electron chi connectivity index (χ1n) is 13.3. The van der Waals surface area contributed by atoms with E-state index < -0.39 is 11.4 Å². The number of hydrogen-bond acceptors (Lipinski definition) is 6. The zero-order valence-corrected chi connectivity index (χ0v) is 21.9. The molecule has 0 saturated carbocycles. The second kappa shape index (κ2) is 11.1. The highest BCUT2D eigenvalue weighted by Gasteiger charge is 2.20. The first-order chi connectivity index (χ1) is 18.5. The number of nitrogens with one attached hydrogen (secondary N) is 1. The van der Waals surface area contributed by atoms with E-state index in [4.69, 9.17) is 0 Å². The van der Waals surface area contributed by atoms with Crippen molar-refractivity contribution in [1.82, 2.24) is 19.4 Å². The van der Waals surface area contributed by atoms with Gasteiger partial charge in [0.15, 0.2) is 5.65 Å². The lowest BCUT2D eigenvalue weighted by atomic mass is 9.89. The summed E-state index contributed by atoms with van der Waals surface area (Å²) >= 11 is 0. The third-order valence-corrected chi connectivity index (χ3v) is 7.40. The maximum atomic E-state index is 12.9. The van der Waals surface area contributed by atoms with Crippen LogP contribution in [0.4, 0.5) is 11.6 Å². The maximum absolute atomic E-state index is 12.9. The molecular formula is C30H33N5O3. The number of carboxylic acids is 1. The Labute approximate surface area is 222 Å². The Morgan fingerprint density at radius 2 is 1.76 bits per heavy atom. The van der Waals surface area contributed by atoms with Crippen molar-refractivity contribution in [2.75, 3.05) is 25.0 Å². The summed E-state index contributed by atoms with van der Waals surface area (Å²) in [5, 5.41) is 13.0. The van der Waals surface area contributed by atoms with E-state index in [0.717, 1.165) is 43.9 Å². The summed E-state index contributed by atoms with van der Waals surface area (Å²) in [5.74, 6) is -0.374. The van der Waals surface area contributed by atoms with E-state index in [2.05, 4.69) is 46.2 Å². The summed E-state index contributed by atoms with van der Waals surface area (Å²) < 4.78 is 1.65. The lowest BCUT2D eigenvalue weighted by Gasteiger charge is -2.31. The van der Waals surface area contributed by atoms with Gasteiger partial charge in [0.2, 0.25) is 11.4 Å². The molecule has 5 rings (SSSR count). The van der Waals surface area contributed by atoms with Gasteiger partial charge in [-0.15, -0.1) is 0 Å². The Balaban J connectivity index is 1.45. The van der Waals surface area contributed by atoms with Crippen LogP contribution in [0.5, 0.6) is 0 Å². The predicted molar refractivity (Wildman–Crippen MR) is 150 cm³/mol. The van der Waals surface area contributed by atoms with Gasteiger partial charge in [-0.25, -0.2) is 9.78 Å². The van der Waals surface area contributed by atoms with Crippen molar-refractivity contribution < 1.29 is 9.90 Å². The molecule has 1 aliphatic rings. The fraction of sp³-hybridized carbons (Fsp3) is 0.333. The fourth-order valence-corrected chi connectivity index (χ4v) is 5.18. The molecule has 1 fully saturated rings. The van der Waals surface area contributed by atoms with Crippen LogP contribution in [0.25, 0.3) is 16.7 Å². The van der Waals surface area contributed by atoms with Crippen LogP contribution in [0.3, 0.4) is 0 Å². The van der Waals surface area contributed by atoms with Gasteiger partial charge in [0.05, 0.1) is 5.39 Å². The van der Waals surface area contributed by atoms with Crippen LogP contribution in [0.1, 0.15) is 60.5 Å². The molecule has 196 valence electrons. The van der Waals surface area contributed by atoms with Gasteiger partial charge < -0.3 is 19.9 Å². The number of fused-ring (bicyclic) bond motifs is 1. The minimum atomic E-state index is -1.28. The van der Waals surface area contributed by atoms with E-state index >= 15 is 0 Å². The number of hydrogen-bond donors (Lipinski definition) is 2. The number of anilines is 2. The lowest BCUT2D eigenvalue weighted by molar-refractivity contribution is 0.0695. The average molecular weight is 512 g/mol. The molecule has 8 heteroatoms. The van der Waals surface area contributed by atoms with Gasteiger partial charge in [-0.1, -0.05) is 44.5 Å². The van der Waals surface area contributed by atoms with E-state index in [1.165, 1.54) is 36.4 Å². The minimum absolute atomic E-state index is 0.154.